The van der Waals surface area contributed by atoms with Crippen LogP contribution in [0.2, 0.25) is 0 Å². The van der Waals surface area contributed by atoms with Crippen LogP contribution in [0.3, 0.4) is 0 Å². The van der Waals surface area contributed by atoms with Crippen LogP contribution in [0.1, 0.15) is 13.3 Å². The van der Waals surface area contributed by atoms with Gasteiger partial charge in [0.2, 0.25) is 0 Å². The Morgan fingerprint density at radius 2 is 1.85 bits per heavy atom. The van der Waals surface area contributed by atoms with Gasteiger partial charge in [0, 0.05) is 21.3 Å². The molecule has 1 unspecified atom stereocenters. The summed E-state index contributed by atoms with van der Waals surface area (Å²) in [6, 6.07) is 0. The van der Waals surface area contributed by atoms with Gasteiger partial charge in [-0.15, -0.1) is 11.8 Å². The highest BCUT2D eigenvalue weighted by atomic mass is 32.2. The Bertz CT molecular complexity index is 133. The standard InChI is InChI=1S/C8H19O3SSi/c1-5-6-12-8(13,11-4)7(9-2)10-3/h5-6H2,1-4,13H3. The smallest absolute Gasteiger partial charge is 0.262 e. The Hall–Kier alpha value is 0.447. The lowest BCUT2D eigenvalue weighted by atomic mass is 10.6. The Labute approximate surface area is 87.9 Å². The highest BCUT2D eigenvalue weighted by Gasteiger charge is 2.36. The number of methoxy groups -OCH3 is 3. The molecule has 0 rings (SSSR count). The molecule has 79 valence electrons. The fourth-order valence-corrected chi connectivity index (χ4v) is 2.97. The lowest BCUT2D eigenvalue weighted by Gasteiger charge is -2.32. The minimum atomic E-state index is -0.362. The molecule has 3 nitrogen and oxygen atoms in total. The van der Waals surface area contributed by atoms with Crippen molar-refractivity contribution in [3.05, 3.63) is 6.29 Å². The van der Waals surface area contributed by atoms with Crippen molar-refractivity contribution in [2.45, 2.75) is 17.9 Å². The first-order valence-corrected chi connectivity index (χ1v) is 6.27. The van der Waals surface area contributed by atoms with Crippen molar-refractivity contribution in [1.82, 2.24) is 0 Å². The molecule has 0 spiro atoms. The van der Waals surface area contributed by atoms with Crippen LogP contribution in [0.5, 0.6) is 0 Å². The Kier molecular flexibility index (Phi) is 7.07. The van der Waals surface area contributed by atoms with E-state index < -0.39 is 0 Å². The number of thioether (sulfide) groups is 1. The van der Waals surface area contributed by atoms with Crippen LogP contribution >= 0.6 is 11.8 Å². The summed E-state index contributed by atoms with van der Waals surface area (Å²) in [5, 5.41) is 0. The van der Waals surface area contributed by atoms with Gasteiger partial charge in [-0.05, 0) is 12.2 Å². The number of hydrogen-bond donors (Lipinski definition) is 0. The Balaban J connectivity index is 4.21. The molecule has 5 heteroatoms. The molecule has 0 aromatic rings. The highest BCUT2D eigenvalue weighted by molar-refractivity contribution is 8.01. The third-order valence-corrected chi connectivity index (χ3v) is 4.89. The average Bonchev–Trinajstić information content (AvgIpc) is 2.16. The molecule has 1 radical (unpaired) electrons. The summed E-state index contributed by atoms with van der Waals surface area (Å²) >= 11 is 1.73. The molecule has 0 N–H and O–H groups in total. The fraction of sp³-hybridized carbons (Fsp3) is 0.875. The molecule has 0 amide bonds. The van der Waals surface area contributed by atoms with E-state index in [0.29, 0.717) is 6.29 Å². The van der Waals surface area contributed by atoms with Gasteiger partial charge in [-0.25, -0.2) is 0 Å². The normalized spacial score (nSPS) is 16.4. The maximum absolute atomic E-state index is 5.42. The number of hydrogen-bond acceptors (Lipinski definition) is 4. The van der Waals surface area contributed by atoms with Crippen molar-refractivity contribution in [3.8, 4) is 0 Å². The Morgan fingerprint density at radius 1 is 1.31 bits per heavy atom. The molecule has 13 heavy (non-hydrogen) atoms. The van der Waals surface area contributed by atoms with E-state index >= 15 is 0 Å². The van der Waals surface area contributed by atoms with E-state index in [1.165, 1.54) is 0 Å². The van der Waals surface area contributed by atoms with Crippen LogP contribution in [-0.2, 0) is 14.2 Å². The summed E-state index contributed by atoms with van der Waals surface area (Å²) in [5.41, 5.74) is 0. The summed E-state index contributed by atoms with van der Waals surface area (Å²) in [6.45, 7) is 2.14. The van der Waals surface area contributed by atoms with Gasteiger partial charge in [0.25, 0.3) is 6.29 Å². The first-order chi connectivity index (χ1) is 6.14. The van der Waals surface area contributed by atoms with E-state index in [-0.39, 0.29) is 4.56 Å². The van der Waals surface area contributed by atoms with E-state index in [2.05, 4.69) is 6.92 Å². The van der Waals surface area contributed by atoms with Crippen molar-refractivity contribution in [2.75, 3.05) is 27.1 Å². The molecular formula is C8H19O3SSi. The van der Waals surface area contributed by atoms with E-state index in [1.54, 1.807) is 33.1 Å². The van der Waals surface area contributed by atoms with Gasteiger partial charge in [-0.3, -0.25) is 0 Å². The molecule has 0 saturated heterocycles. The molecule has 0 aliphatic heterocycles. The van der Waals surface area contributed by atoms with E-state index in [9.17, 15) is 0 Å². The lowest BCUT2D eigenvalue weighted by Crippen LogP contribution is -2.38. The zero-order chi connectivity index (χ0) is 10.3. The van der Waals surface area contributed by atoms with Crippen molar-refractivity contribution in [2.24, 2.45) is 0 Å². The second-order valence-corrected chi connectivity index (χ2v) is 6.30. The van der Waals surface area contributed by atoms with Gasteiger partial charge in [-0.1, -0.05) is 6.92 Å². The zero-order valence-corrected chi connectivity index (χ0v) is 11.9. The monoisotopic (exact) mass is 223 g/mol. The van der Waals surface area contributed by atoms with Crippen molar-refractivity contribution in [3.63, 3.8) is 0 Å². The summed E-state index contributed by atoms with van der Waals surface area (Å²) in [7, 11) is 5.74. The van der Waals surface area contributed by atoms with Crippen LogP contribution in [0, 0.1) is 6.29 Å². The molecular weight excluding hydrogens is 204 g/mol. The average molecular weight is 223 g/mol. The summed E-state index contributed by atoms with van der Waals surface area (Å²) < 4.78 is 15.3. The highest BCUT2D eigenvalue weighted by Crippen LogP contribution is 2.33. The SMILES string of the molecule is CCCSC([SiH3])(OC)[C](OC)OC. The molecule has 0 fully saturated rings. The van der Waals surface area contributed by atoms with Gasteiger partial charge in [0.1, 0.15) is 4.56 Å². The largest absolute Gasteiger partial charge is 0.367 e. The van der Waals surface area contributed by atoms with Crippen LogP contribution in [0.4, 0.5) is 0 Å². The number of ether oxygens (including phenoxy) is 3. The molecule has 0 aliphatic rings. The first-order valence-electron chi connectivity index (χ1n) is 4.29. The first kappa shape index (κ1) is 13.4. The van der Waals surface area contributed by atoms with Crippen molar-refractivity contribution in [1.29, 1.82) is 0 Å². The van der Waals surface area contributed by atoms with Gasteiger partial charge in [-0.2, -0.15) is 0 Å². The summed E-state index contributed by atoms with van der Waals surface area (Å²) in [4.78, 5) is 0. The quantitative estimate of drug-likeness (QED) is 0.466. The van der Waals surface area contributed by atoms with Gasteiger partial charge in [0.15, 0.2) is 0 Å². The van der Waals surface area contributed by atoms with Crippen LogP contribution < -0.4 is 0 Å². The predicted octanol–water partition coefficient (Wildman–Crippen LogP) is 0.577. The summed E-state index contributed by atoms with van der Waals surface area (Å²) in [5.74, 6) is 1.05. The van der Waals surface area contributed by atoms with E-state index in [1.807, 2.05) is 0 Å². The molecule has 0 aromatic heterocycles. The molecule has 1 atom stereocenters. The molecule has 0 bridgehead atoms. The molecule has 0 aromatic carbocycles. The van der Waals surface area contributed by atoms with E-state index in [4.69, 9.17) is 14.2 Å². The fourth-order valence-electron chi connectivity index (χ4n) is 0.952. The zero-order valence-electron chi connectivity index (χ0n) is 9.05. The molecule has 0 saturated carbocycles. The maximum Gasteiger partial charge on any atom is 0.262 e. The van der Waals surface area contributed by atoms with Crippen LogP contribution in [0.15, 0.2) is 0 Å². The third-order valence-electron chi connectivity index (χ3n) is 1.71. The Morgan fingerprint density at radius 3 is 2.15 bits per heavy atom. The van der Waals surface area contributed by atoms with Crippen LogP contribution in [0.25, 0.3) is 0 Å². The summed E-state index contributed by atoms with van der Waals surface area (Å²) in [6.07, 6.45) is 1.69. The van der Waals surface area contributed by atoms with Crippen LogP contribution in [-0.4, -0.2) is 41.9 Å². The van der Waals surface area contributed by atoms with Gasteiger partial charge >= 0.3 is 0 Å². The second kappa shape index (κ2) is 6.84. The third kappa shape index (κ3) is 3.99. The second-order valence-electron chi connectivity index (χ2n) is 2.69. The minimum Gasteiger partial charge on any atom is -0.367 e. The minimum absolute atomic E-state index is 0.362. The van der Waals surface area contributed by atoms with Crippen molar-refractivity contribution < 1.29 is 14.2 Å². The molecule has 0 aliphatic carbocycles. The number of rotatable bonds is 7. The van der Waals surface area contributed by atoms with Crippen molar-refractivity contribution >= 4 is 22.0 Å². The lowest BCUT2D eigenvalue weighted by molar-refractivity contribution is -0.0675. The maximum atomic E-state index is 5.42. The molecule has 0 heterocycles. The van der Waals surface area contributed by atoms with Gasteiger partial charge in [0.05, 0.1) is 10.2 Å². The van der Waals surface area contributed by atoms with E-state index in [0.717, 1.165) is 22.4 Å². The topological polar surface area (TPSA) is 27.7 Å². The predicted molar refractivity (Wildman–Crippen MR) is 59.7 cm³/mol. The van der Waals surface area contributed by atoms with Gasteiger partial charge < -0.3 is 14.2 Å².